The van der Waals surface area contributed by atoms with Crippen LogP contribution in [0.3, 0.4) is 0 Å². The Morgan fingerprint density at radius 2 is 2.04 bits per heavy atom. The molecule has 0 unspecified atom stereocenters. The third-order valence-electron chi connectivity index (χ3n) is 4.50. The molecule has 138 valence electrons. The first-order valence-electron chi connectivity index (χ1n) is 8.47. The molecule has 4 rings (SSSR count). The van der Waals surface area contributed by atoms with Crippen LogP contribution < -0.4 is 9.47 Å². The van der Waals surface area contributed by atoms with Crippen LogP contribution in [0, 0.1) is 6.92 Å². The van der Waals surface area contributed by atoms with Gasteiger partial charge in [-0.2, -0.15) is 5.10 Å². The van der Waals surface area contributed by atoms with Crippen molar-refractivity contribution < 1.29 is 14.3 Å². The fourth-order valence-electron chi connectivity index (χ4n) is 3.08. The Hall–Kier alpha value is -2.99. The van der Waals surface area contributed by atoms with Gasteiger partial charge in [0.2, 0.25) is 6.79 Å². The van der Waals surface area contributed by atoms with Crippen LogP contribution in [0.4, 0.5) is 0 Å². The normalized spacial score (nSPS) is 12.3. The van der Waals surface area contributed by atoms with Crippen LogP contribution >= 0.6 is 11.6 Å². The van der Waals surface area contributed by atoms with Crippen molar-refractivity contribution in [1.29, 1.82) is 0 Å². The number of hydrogen-bond donors (Lipinski definition) is 0. The van der Waals surface area contributed by atoms with Gasteiger partial charge in [0.05, 0.1) is 23.1 Å². The van der Waals surface area contributed by atoms with Crippen molar-refractivity contribution in [3.05, 3.63) is 70.5 Å². The Bertz CT molecular complexity index is 1020. The second kappa shape index (κ2) is 6.96. The molecule has 1 aliphatic heterocycles. The van der Waals surface area contributed by atoms with Gasteiger partial charge in [-0.15, -0.1) is 0 Å². The SMILES string of the molecule is Cc1c(C(=O)N(C)Cc2ccc3c(c2)OCO3)cnn1-c1cccc(Cl)c1. The smallest absolute Gasteiger partial charge is 0.257 e. The fourth-order valence-corrected chi connectivity index (χ4v) is 3.26. The third kappa shape index (κ3) is 3.36. The number of halogens is 1. The molecule has 2 heterocycles. The lowest BCUT2D eigenvalue weighted by Crippen LogP contribution is -2.26. The van der Waals surface area contributed by atoms with Crippen molar-refractivity contribution in [2.75, 3.05) is 13.8 Å². The molecule has 27 heavy (non-hydrogen) atoms. The molecule has 0 aliphatic carbocycles. The van der Waals surface area contributed by atoms with Gasteiger partial charge in [0, 0.05) is 18.6 Å². The number of rotatable bonds is 4. The van der Waals surface area contributed by atoms with Crippen LogP contribution in [0.1, 0.15) is 21.6 Å². The Morgan fingerprint density at radius 1 is 1.22 bits per heavy atom. The van der Waals surface area contributed by atoms with Gasteiger partial charge in [-0.25, -0.2) is 4.68 Å². The van der Waals surface area contributed by atoms with E-state index in [9.17, 15) is 4.79 Å². The van der Waals surface area contributed by atoms with E-state index in [2.05, 4.69) is 5.10 Å². The summed E-state index contributed by atoms with van der Waals surface area (Å²) in [5, 5.41) is 4.98. The predicted molar refractivity (Wildman–Crippen MR) is 102 cm³/mol. The van der Waals surface area contributed by atoms with Gasteiger partial charge in [0.25, 0.3) is 5.91 Å². The lowest BCUT2D eigenvalue weighted by atomic mass is 10.1. The van der Waals surface area contributed by atoms with Gasteiger partial charge >= 0.3 is 0 Å². The number of aromatic nitrogens is 2. The number of nitrogens with zero attached hydrogens (tertiary/aromatic N) is 3. The summed E-state index contributed by atoms with van der Waals surface area (Å²) in [6.45, 7) is 2.56. The number of ether oxygens (including phenoxy) is 2. The average molecular weight is 384 g/mol. The maximum Gasteiger partial charge on any atom is 0.257 e. The largest absolute Gasteiger partial charge is 0.454 e. The van der Waals surface area contributed by atoms with Crippen LogP contribution in [-0.4, -0.2) is 34.4 Å². The van der Waals surface area contributed by atoms with E-state index in [4.69, 9.17) is 21.1 Å². The van der Waals surface area contributed by atoms with Crippen LogP contribution in [0.5, 0.6) is 11.5 Å². The summed E-state index contributed by atoms with van der Waals surface area (Å²) >= 11 is 6.06. The summed E-state index contributed by atoms with van der Waals surface area (Å²) in [7, 11) is 1.77. The van der Waals surface area contributed by atoms with E-state index < -0.39 is 0 Å². The van der Waals surface area contributed by atoms with Crippen molar-refractivity contribution >= 4 is 17.5 Å². The highest BCUT2D eigenvalue weighted by atomic mass is 35.5. The minimum atomic E-state index is -0.0987. The van der Waals surface area contributed by atoms with E-state index in [0.29, 0.717) is 22.9 Å². The molecule has 0 saturated carbocycles. The molecule has 1 aliphatic rings. The van der Waals surface area contributed by atoms with E-state index in [1.165, 1.54) is 0 Å². The highest BCUT2D eigenvalue weighted by Crippen LogP contribution is 2.32. The second-order valence-electron chi connectivity index (χ2n) is 6.38. The molecule has 0 fully saturated rings. The maximum absolute atomic E-state index is 12.9. The molecule has 1 amide bonds. The van der Waals surface area contributed by atoms with Gasteiger partial charge in [-0.05, 0) is 42.8 Å². The van der Waals surface area contributed by atoms with Gasteiger partial charge in [0.1, 0.15) is 0 Å². The van der Waals surface area contributed by atoms with E-state index in [0.717, 1.165) is 22.7 Å². The van der Waals surface area contributed by atoms with Crippen LogP contribution in [0.15, 0.2) is 48.7 Å². The molecule has 7 heteroatoms. The van der Waals surface area contributed by atoms with Gasteiger partial charge < -0.3 is 14.4 Å². The van der Waals surface area contributed by atoms with Crippen molar-refractivity contribution in [2.45, 2.75) is 13.5 Å². The summed E-state index contributed by atoms with van der Waals surface area (Å²) in [5.41, 5.74) is 3.10. The number of fused-ring (bicyclic) bond motifs is 1. The molecule has 2 aromatic carbocycles. The number of amides is 1. The lowest BCUT2D eigenvalue weighted by Gasteiger charge is -2.17. The Kier molecular flexibility index (Phi) is 4.49. The first kappa shape index (κ1) is 17.4. The van der Waals surface area contributed by atoms with Gasteiger partial charge in [-0.3, -0.25) is 4.79 Å². The Morgan fingerprint density at radius 3 is 2.85 bits per heavy atom. The van der Waals surface area contributed by atoms with Crippen molar-refractivity contribution in [3.8, 4) is 17.2 Å². The number of carbonyl (C=O) groups excluding carboxylic acids is 1. The molecular formula is C20H18ClN3O3. The summed E-state index contributed by atoms with van der Waals surface area (Å²) in [6.07, 6.45) is 1.59. The van der Waals surface area contributed by atoms with Crippen LogP contribution in [0.2, 0.25) is 5.02 Å². The van der Waals surface area contributed by atoms with Gasteiger partial charge in [0.15, 0.2) is 11.5 Å². The highest BCUT2D eigenvalue weighted by molar-refractivity contribution is 6.30. The molecule has 0 spiro atoms. The number of hydrogen-bond acceptors (Lipinski definition) is 4. The van der Waals surface area contributed by atoms with E-state index in [1.54, 1.807) is 28.9 Å². The maximum atomic E-state index is 12.9. The zero-order chi connectivity index (χ0) is 19.0. The van der Waals surface area contributed by atoms with Crippen LogP contribution in [0.25, 0.3) is 5.69 Å². The molecule has 0 saturated heterocycles. The highest BCUT2D eigenvalue weighted by Gasteiger charge is 2.20. The number of benzene rings is 2. The third-order valence-corrected chi connectivity index (χ3v) is 4.73. The molecule has 0 bridgehead atoms. The Labute approximate surface area is 161 Å². The average Bonchev–Trinajstić information content (AvgIpc) is 3.27. The summed E-state index contributed by atoms with van der Waals surface area (Å²) in [6, 6.07) is 13.1. The zero-order valence-corrected chi connectivity index (χ0v) is 15.7. The molecule has 3 aromatic rings. The first-order valence-corrected chi connectivity index (χ1v) is 8.85. The molecule has 6 nitrogen and oxygen atoms in total. The van der Waals surface area contributed by atoms with Crippen molar-refractivity contribution in [2.24, 2.45) is 0 Å². The predicted octanol–water partition coefficient (Wildman–Crippen LogP) is 3.84. The molecule has 0 radical (unpaired) electrons. The number of carbonyl (C=O) groups is 1. The second-order valence-corrected chi connectivity index (χ2v) is 6.82. The first-order chi connectivity index (χ1) is 13.0. The minimum absolute atomic E-state index is 0.0987. The molecule has 0 atom stereocenters. The molecule has 0 N–H and O–H groups in total. The molecule has 1 aromatic heterocycles. The van der Waals surface area contributed by atoms with Crippen molar-refractivity contribution in [1.82, 2.24) is 14.7 Å². The topological polar surface area (TPSA) is 56.6 Å². The van der Waals surface area contributed by atoms with Crippen LogP contribution in [-0.2, 0) is 6.54 Å². The lowest BCUT2D eigenvalue weighted by molar-refractivity contribution is 0.0784. The van der Waals surface area contributed by atoms with E-state index in [1.807, 2.05) is 43.3 Å². The minimum Gasteiger partial charge on any atom is -0.454 e. The van der Waals surface area contributed by atoms with Crippen molar-refractivity contribution in [3.63, 3.8) is 0 Å². The summed E-state index contributed by atoms with van der Waals surface area (Å²) in [4.78, 5) is 14.6. The summed E-state index contributed by atoms with van der Waals surface area (Å²) in [5.74, 6) is 1.34. The van der Waals surface area contributed by atoms with E-state index >= 15 is 0 Å². The monoisotopic (exact) mass is 383 g/mol. The zero-order valence-electron chi connectivity index (χ0n) is 15.0. The van der Waals surface area contributed by atoms with E-state index in [-0.39, 0.29) is 12.7 Å². The summed E-state index contributed by atoms with van der Waals surface area (Å²) < 4.78 is 12.4. The quantitative estimate of drug-likeness (QED) is 0.687. The standard InChI is InChI=1S/C20H18ClN3O3/c1-13-17(10-22-24(13)16-5-3-4-15(21)9-16)20(25)23(2)11-14-6-7-18-19(8-14)27-12-26-18/h3-10H,11-12H2,1-2H3. The van der Waals surface area contributed by atoms with Gasteiger partial charge in [-0.1, -0.05) is 23.7 Å². The fraction of sp³-hybridized carbons (Fsp3) is 0.200. The molecular weight excluding hydrogens is 366 g/mol. The Balaban J connectivity index is 1.54.